The quantitative estimate of drug-likeness (QED) is 0.481. The first kappa shape index (κ1) is 18.9. The molecule has 2 aromatic carbocycles. The second-order valence-electron chi connectivity index (χ2n) is 5.40. The molecule has 1 aromatic heterocycles. The predicted molar refractivity (Wildman–Crippen MR) is 103 cm³/mol. The van der Waals surface area contributed by atoms with Crippen molar-refractivity contribution in [2.75, 3.05) is 12.4 Å². The summed E-state index contributed by atoms with van der Waals surface area (Å²) in [5.41, 5.74) is 6.65. The lowest BCUT2D eigenvalue weighted by atomic mass is 10.2. The summed E-state index contributed by atoms with van der Waals surface area (Å²) >= 11 is 7.14. The number of hydrogen-bond acceptors (Lipinski definition) is 6. The van der Waals surface area contributed by atoms with E-state index in [1.807, 2.05) is 47.0 Å². The largest absolute Gasteiger partial charge is 0.455 e. The Balaban J connectivity index is 1.90. The summed E-state index contributed by atoms with van der Waals surface area (Å²) in [5, 5.41) is 9.59. The molecule has 0 radical (unpaired) electrons. The van der Waals surface area contributed by atoms with Gasteiger partial charge in [0.05, 0.1) is 5.75 Å². The average molecular weight is 403 g/mol. The number of hydrogen-bond donors (Lipinski definition) is 1. The molecule has 1 amide bonds. The topological polar surface area (TPSA) is 100 Å². The van der Waals surface area contributed by atoms with Crippen LogP contribution in [0.2, 0.25) is 5.02 Å². The number of nitrogens with zero attached hydrogens (tertiary/aromatic N) is 3. The Hall–Kier alpha value is -2.84. The maximum atomic E-state index is 11.8. The summed E-state index contributed by atoms with van der Waals surface area (Å²) in [4.78, 5) is 22.5. The Morgan fingerprint density at radius 3 is 2.44 bits per heavy atom. The van der Waals surface area contributed by atoms with E-state index in [-0.39, 0.29) is 5.75 Å². The van der Waals surface area contributed by atoms with Crippen molar-refractivity contribution < 1.29 is 14.3 Å². The van der Waals surface area contributed by atoms with Gasteiger partial charge in [-0.1, -0.05) is 53.7 Å². The van der Waals surface area contributed by atoms with E-state index in [0.29, 0.717) is 16.0 Å². The van der Waals surface area contributed by atoms with Gasteiger partial charge in [0.15, 0.2) is 17.6 Å². The lowest BCUT2D eigenvalue weighted by Crippen LogP contribution is -2.21. The van der Waals surface area contributed by atoms with E-state index >= 15 is 0 Å². The number of amides is 1. The molecule has 0 saturated heterocycles. The molecule has 138 valence electrons. The Morgan fingerprint density at radius 2 is 1.78 bits per heavy atom. The van der Waals surface area contributed by atoms with Crippen molar-refractivity contribution in [2.24, 2.45) is 5.73 Å². The number of nitrogens with two attached hydrogens (primary N) is 1. The first-order chi connectivity index (χ1) is 13.0. The van der Waals surface area contributed by atoms with E-state index < -0.39 is 18.5 Å². The summed E-state index contributed by atoms with van der Waals surface area (Å²) in [7, 11) is 0. The van der Waals surface area contributed by atoms with Gasteiger partial charge < -0.3 is 10.5 Å². The molecule has 0 aliphatic heterocycles. The van der Waals surface area contributed by atoms with Crippen molar-refractivity contribution in [3.8, 4) is 17.1 Å². The summed E-state index contributed by atoms with van der Waals surface area (Å²) < 4.78 is 6.60. The highest BCUT2D eigenvalue weighted by molar-refractivity contribution is 7.99. The molecule has 3 aromatic rings. The van der Waals surface area contributed by atoms with Crippen molar-refractivity contribution in [2.45, 2.75) is 5.16 Å². The molecule has 0 aliphatic carbocycles. The molecule has 2 N–H and O–H groups in total. The Bertz CT molecular complexity index is 945. The number of carbonyl (C=O) groups is 2. The number of halogens is 1. The molecule has 0 bridgehead atoms. The molecule has 0 aliphatic rings. The minimum atomic E-state index is -0.705. The van der Waals surface area contributed by atoms with Crippen molar-refractivity contribution in [1.82, 2.24) is 14.8 Å². The van der Waals surface area contributed by atoms with Gasteiger partial charge in [-0.3, -0.25) is 14.2 Å². The molecule has 27 heavy (non-hydrogen) atoms. The molecule has 7 nitrogen and oxygen atoms in total. The second-order valence-corrected chi connectivity index (χ2v) is 6.78. The van der Waals surface area contributed by atoms with Gasteiger partial charge in [-0.15, -0.1) is 10.2 Å². The fraction of sp³-hybridized carbons (Fsp3) is 0.111. The maximum absolute atomic E-state index is 11.8. The van der Waals surface area contributed by atoms with Crippen molar-refractivity contribution in [3.63, 3.8) is 0 Å². The lowest BCUT2D eigenvalue weighted by molar-refractivity contribution is -0.145. The van der Waals surface area contributed by atoms with Crippen LogP contribution in [0.4, 0.5) is 0 Å². The molecule has 0 atom stereocenters. The molecule has 0 saturated carbocycles. The summed E-state index contributed by atoms with van der Waals surface area (Å²) in [6.45, 7) is -0.446. The zero-order chi connectivity index (χ0) is 19.2. The first-order valence-electron chi connectivity index (χ1n) is 7.88. The fourth-order valence-electron chi connectivity index (χ4n) is 2.28. The maximum Gasteiger partial charge on any atom is 0.316 e. The van der Waals surface area contributed by atoms with Crippen LogP contribution in [0.3, 0.4) is 0 Å². The van der Waals surface area contributed by atoms with Crippen LogP contribution in [0, 0.1) is 0 Å². The molecular weight excluding hydrogens is 388 g/mol. The number of primary amides is 1. The smallest absolute Gasteiger partial charge is 0.316 e. The van der Waals surface area contributed by atoms with Crippen LogP contribution in [0.5, 0.6) is 0 Å². The van der Waals surface area contributed by atoms with Gasteiger partial charge in [-0.05, 0) is 24.3 Å². The fourth-order valence-corrected chi connectivity index (χ4v) is 3.15. The molecule has 0 unspecified atom stereocenters. The SMILES string of the molecule is NC(=O)COC(=O)CSc1nnc(-c2ccccc2)n1-c1ccc(Cl)cc1. The van der Waals surface area contributed by atoms with E-state index in [1.54, 1.807) is 12.1 Å². The summed E-state index contributed by atoms with van der Waals surface area (Å²) in [5.74, 6) is -0.672. The van der Waals surface area contributed by atoms with Gasteiger partial charge in [0.1, 0.15) is 0 Å². The number of esters is 1. The highest BCUT2D eigenvalue weighted by Crippen LogP contribution is 2.28. The van der Waals surface area contributed by atoms with E-state index in [4.69, 9.17) is 22.1 Å². The van der Waals surface area contributed by atoms with Gasteiger partial charge in [-0.2, -0.15) is 0 Å². The van der Waals surface area contributed by atoms with E-state index in [9.17, 15) is 9.59 Å². The van der Waals surface area contributed by atoms with Crippen LogP contribution >= 0.6 is 23.4 Å². The number of aromatic nitrogens is 3. The van der Waals surface area contributed by atoms with Crippen molar-refractivity contribution in [3.05, 3.63) is 59.6 Å². The third-order valence-electron chi connectivity index (χ3n) is 3.44. The molecular formula is C18H15ClN4O3S. The van der Waals surface area contributed by atoms with Crippen LogP contribution in [0.25, 0.3) is 17.1 Å². The van der Waals surface area contributed by atoms with E-state index in [2.05, 4.69) is 10.2 Å². The molecule has 3 rings (SSSR count). The van der Waals surface area contributed by atoms with Crippen molar-refractivity contribution >= 4 is 35.2 Å². The minimum absolute atomic E-state index is 0.0339. The highest BCUT2D eigenvalue weighted by atomic mass is 35.5. The van der Waals surface area contributed by atoms with Gasteiger partial charge in [0.2, 0.25) is 0 Å². The van der Waals surface area contributed by atoms with E-state index in [0.717, 1.165) is 23.0 Å². The van der Waals surface area contributed by atoms with Gasteiger partial charge in [0.25, 0.3) is 5.91 Å². The summed E-state index contributed by atoms with van der Waals surface area (Å²) in [6.07, 6.45) is 0. The third-order valence-corrected chi connectivity index (χ3v) is 4.60. The standard InChI is InChI=1S/C18H15ClN4O3S/c19-13-6-8-14(9-7-13)23-17(12-4-2-1-3-5-12)21-22-18(23)27-11-16(25)26-10-15(20)24/h1-9H,10-11H2,(H2,20,24). The number of ether oxygens (including phenoxy) is 1. The zero-order valence-corrected chi connectivity index (χ0v) is 15.6. The average Bonchev–Trinajstić information content (AvgIpc) is 3.10. The normalized spacial score (nSPS) is 10.6. The molecule has 9 heteroatoms. The minimum Gasteiger partial charge on any atom is -0.455 e. The predicted octanol–water partition coefficient (Wildman–Crippen LogP) is 2.71. The van der Waals surface area contributed by atoms with Gasteiger partial charge in [0, 0.05) is 16.3 Å². The number of benzene rings is 2. The second kappa shape index (κ2) is 8.70. The van der Waals surface area contributed by atoms with Crippen LogP contribution < -0.4 is 5.73 Å². The zero-order valence-electron chi connectivity index (χ0n) is 14.0. The van der Waals surface area contributed by atoms with Gasteiger partial charge in [-0.25, -0.2) is 0 Å². The molecule has 1 heterocycles. The number of rotatable bonds is 7. The van der Waals surface area contributed by atoms with Crippen LogP contribution in [0.1, 0.15) is 0 Å². The molecule has 0 spiro atoms. The molecule has 0 fully saturated rings. The first-order valence-corrected chi connectivity index (χ1v) is 9.24. The lowest BCUT2D eigenvalue weighted by Gasteiger charge is -2.10. The monoisotopic (exact) mass is 402 g/mol. The Morgan fingerprint density at radius 1 is 1.07 bits per heavy atom. The van der Waals surface area contributed by atoms with Crippen LogP contribution in [-0.2, 0) is 14.3 Å². The Labute approximate surface area is 164 Å². The van der Waals surface area contributed by atoms with Crippen LogP contribution in [-0.4, -0.2) is 39.0 Å². The number of thioether (sulfide) groups is 1. The van der Waals surface area contributed by atoms with E-state index in [1.165, 1.54) is 0 Å². The summed E-state index contributed by atoms with van der Waals surface area (Å²) in [6, 6.07) is 16.8. The Kier molecular flexibility index (Phi) is 6.10. The van der Waals surface area contributed by atoms with Crippen molar-refractivity contribution in [1.29, 1.82) is 0 Å². The number of carbonyl (C=O) groups excluding carboxylic acids is 2. The van der Waals surface area contributed by atoms with Crippen LogP contribution in [0.15, 0.2) is 59.8 Å². The third kappa shape index (κ3) is 4.87. The van der Waals surface area contributed by atoms with Gasteiger partial charge >= 0.3 is 5.97 Å². The highest BCUT2D eigenvalue weighted by Gasteiger charge is 2.17.